The predicted octanol–water partition coefficient (Wildman–Crippen LogP) is 4.47. The summed E-state index contributed by atoms with van der Waals surface area (Å²) >= 11 is 6.13. The third-order valence-electron chi connectivity index (χ3n) is 5.16. The highest BCUT2D eigenvalue weighted by molar-refractivity contribution is 6.34. The molecule has 3 nitrogen and oxygen atoms in total. The Balaban J connectivity index is 1.63. The fourth-order valence-electron chi connectivity index (χ4n) is 3.98. The minimum atomic E-state index is 0.116. The van der Waals surface area contributed by atoms with E-state index in [9.17, 15) is 4.79 Å². The number of nitrogens with one attached hydrogen (secondary N) is 1. The highest BCUT2D eigenvalue weighted by Gasteiger charge is 2.35. The lowest BCUT2D eigenvalue weighted by Crippen LogP contribution is -2.33. The van der Waals surface area contributed by atoms with E-state index in [-0.39, 0.29) is 11.8 Å². The first kappa shape index (κ1) is 14.7. The molecule has 4 heteroatoms. The Morgan fingerprint density at radius 1 is 1.14 bits per heavy atom. The number of carbonyl (C=O) groups excluding carboxylic acids is 1. The minimum Gasteiger partial charge on any atom is -0.399 e. The molecule has 3 unspecified atom stereocenters. The average Bonchev–Trinajstić information content (AvgIpc) is 2.49. The van der Waals surface area contributed by atoms with Crippen molar-refractivity contribution in [1.29, 1.82) is 0 Å². The molecule has 3 N–H and O–H groups in total. The van der Waals surface area contributed by atoms with Crippen LogP contribution < -0.4 is 11.1 Å². The van der Waals surface area contributed by atoms with Crippen LogP contribution in [0.3, 0.4) is 0 Å². The molecular weight excluding hydrogens is 284 g/mol. The lowest BCUT2D eigenvalue weighted by Gasteiger charge is -2.38. The van der Waals surface area contributed by atoms with E-state index in [0.717, 1.165) is 24.7 Å². The third kappa shape index (κ3) is 3.34. The van der Waals surface area contributed by atoms with Crippen molar-refractivity contribution in [3.05, 3.63) is 23.2 Å². The van der Waals surface area contributed by atoms with Gasteiger partial charge in [-0.15, -0.1) is 0 Å². The van der Waals surface area contributed by atoms with Crippen LogP contribution in [0.5, 0.6) is 0 Å². The van der Waals surface area contributed by atoms with E-state index in [2.05, 4.69) is 5.32 Å². The highest BCUT2D eigenvalue weighted by atomic mass is 35.5. The zero-order valence-electron chi connectivity index (χ0n) is 12.3. The Labute approximate surface area is 131 Å². The highest BCUT2D eigenvalue weighted by Crippen LogP contribution is 2.43. The molecule has 1 amide bonds. The molecular formula is C17H23ClN2O. The number of anilines is 2. The van der Waals surface area contributed by atoms with Gasteiger partial charge in [-0.1, -0.05) is 37.3 Å². The van der Waals surface area contributed by atoms with Crippen LogP contribution in [0.2, 0.25) is 5.02 Å². The zero-order valence-corrected chi connectivity index (χ0v) is 13.0. The molecule has 0 bridgehead atoms. The van der Waals surface area contributed by atoms with Crippen molar-refractivity contribution in [2.75, 3.05) is 11.1 Å². The fourth-order valence-corrected chi connectivity index (χ4v) is 4.22. The Morgan fingerprint density at radius 2 is 1.90 bits per heavy atom. The summed E-state index contributed by atoms with van der Waals surface area (Å²) < 4.78 is 0. The molecule has 1 aromatic rings. The molecule has 2 saturated carbocycles. The van der Waals surface area contributed by atoms with Gasteiger partial charge in [0.25, 0.3) is 0 Å². The zero-order chi connectivity index (χ0) is 14.8. The van der Waals surface area contributed by atoms with Gasteiger partial charge in [0.15, 0.2) is 0 Å². The number of amides is 1. The number of halogens is 1. The third-order valence-corrected chi connectivity index (χ3v) is 5.47. The number of fused-ring (bicyclic) bond motifs is 1. The molecule has 1 aromatic carbocycles. The summed E-state index contributed by atoms with van der Waals surface area (Å²) in [4.78, 5) is 12.5. The first-order valence-corrected chi connectivity index (χ1v) is 8.37. The maximum Gasteiger partial charge on any atom is 0.227 e. The summed E-state index contributed by atoms with van der Waals surface area (Å²) in [5, 5.41) is 3.49. The van der Waals surface area contributed by atoms with Crippen LogP contribution in [0.1, 0.15) is 44.9 Å². The molecule has 0 saturated heterocycles. The topological polar surface area (TPSA) is 55.1 Å². The second-order valence-corrected chi connectivity index (χ2v) is 6.95. The van der Waals surface area contributed by atoms with E-state index in [1.54, 1.807) is 18.2 Å². The van der Waals surface area contributed by atoms with E-state index >= 15 is 0 Å². The molecule has 0 spiro atoms. The number of rotatable bonds is 2. The molecule has 2 aliphatic rings. The maximum absolute atomic E-state index is 12.5. The molecule has 3 rings (SSSR count). The van der Waals surface area contributed by atoms with E-state index in [1.807, 2.05) is 0 Å². The number of hydrogen-bond acceptors (Lipinski definition) is 2. The van der Waals surface area contributed by atoms with Crippen LogP contribution in [0.25, 0.3) is 0 Å². The van der Waals surface area contributed by atoms with Gasteiger partial charge in [0.05, 0.1) is 10.7 Å². The second kappa shape index (κ2) is 6.27. The van der Waals surface area contributed by atoms with Gasteiger partial charge in [-0.05, 0) is 49.3 Å². The number of nitrogens with two attached hydrogens (primary N) is 1. The van der Waals surface area contributed by atoms with Crippen molar-refractivity contribution >= 4 is 28.9 Å². The Bertz CT molecular complexity index is 532. The van der Waals surface area contributed by atoms with E-state index in [4.69, 9.17) is 17.3 Å². The van der Waals surface area contributed by atoms with Gasteiger partial charge < -0.3 is 11.1 Å². The Hall–Kier alpha value is -1.22. The first-order chi connectivity index (χ1) is 10.1. The number of hydrogen-bond donors (Lipinski definition) is 2. The minimum absolute atomic E-state index is 0.116. The van der Waals surface area contributed by atoms with Crippen molar-refractivity contribution in [2.45, 2.75) is 44.9 Å². The van der Waals surface area contributed by atoms with Gasteiger partial charge in [0, 0.05) is 11.6 Å². The summed E-state index contributed by atoms with van der Waals surface area (Å²) in [6.45, 7) is 0. The summed E-state index contributed by atoms with van der Waals surface area (Å²) in [6.07, 6.45) is 8.64. The first-order valence-electron chi connectivity index (χ1n) is 7.99. The van der Waals surface area contributed by atoms with Crippen LogP contribution in [0.15, 0.2) is 18.2 Å². The molecule has 2 fully saturated rings. The van der Waals surface area contributed by atoms with Crippen molar-refractivity contribution < 1.29 is 4.79 Å². The fraction of sp³-hybridized carbons (Fsp3) is 0.588. The monoisotopic (exact) mass is 306 g/mol. The molecule has 0 heterocycles. The molecule has 114 valence electrons. The van der Waals surface area contributed by atoms with Crippen molar-refractivity contribution in [2.24, 2.45) is 17.8 Å². The Kier molecular flexibility index (Phi) is 4.39. The largest absolute Gasteiger partial charge is 0.399 e. The predicted molar refractivity (Wildman–Crippen MR) is 87.3 cm³/mol. The van der Waals surface area contributed by atoms with Crippen molar-refractivity contribution in [3.8, 4) is 0 Å². The standard InChI is InChI=1S/C17H23ClN2O/c18-15-10-14(19)7-8-16(15)20-17(21)13-6-5-11-3-1-2-4-12(11)9-13/h7-8,10-13H,1-6,9,19H2,(H,20,21). The average molecular weight is 307 g/mol. The second-order valence-electron chi connectivity index (χ2n) is 6.54. The summed E-state index contributed by atoms with van der Waals surface area (Å²) in [6, 6.07) is 5.22. The van der Waals surface area contributed by atoms with Crippen LogP contribution in [0, 0.1) is 17.8 Å². The summed E-state index contributed by atoms with van der Waals surface area (Å²) in [7, 11) is 0. The molecule has 0 aromatic heterocycles. The van der Waals surface area contributed by atoms with Gasteiger partial charge in [0.1, 0.15) is 0 Å². The van der Waals surface area contributed by atoms with Gasteiger partial charge >= 0.3 is 0 Å². The van der Waals surface area contributed by atoms with Crippen LogP contribution in [0.4, 0.5) is 11.4 Å². The molecule has 2 aliphatic carbocycles. The van der Waals surface area contributed by atoms with Gasteiger partial charge in [-0.3, -0.25) is 4.79 Å². The van der Waals surface area contributed by atoms with E-state index in [1.165, 1.54) is 32.1 Å². The molecule has 0 aliphatic heterocycles. The number of nitrogen functional groups attached to an aromatic ring is 1. The smallest absolute Gasteiger partial charge is 0.227 e. The van der Waals surface area contributed by atoms with E-state index in [0.29, 0.717) is 16.4 Å². The quantitative estimate of drug-likeness (QED) is 0.792. The lowest BCUT2D eigenvalue weighted by atomic mass is 9.67. The van der Waals surface area contributed by atoms with Crippen LogP contribution >= 0.6 is 11.6 Å². The van der Waals surface area contributed by atoms with Gasteiger partial charge in [-0.2, -0.15) is 0 Å². The molecule has 21 heavy (non-hydrogen) atoms. The van der Waals surface area contributed by atoms with Gasteiger partial charge in [0.2, 0.25) is 5.91 Å². The number of benzene rings is 1. The summed E-state index contributed by atoms with van der Waals surface area (Å²) in [5.74, 6) is 1.87. The maximum atomic E-state index is 12.5. The lowest BCUT2D eigenvalue weighted by molar-refractivity contribution is -0.122. The van der Waals surface area contributed by atoms with Crippen molar-refractivity contribution in [1.82, 2.24) is 0 Å². The SMILES string of the molecule is Nc1ccc(NC(=O)C2CCC3CCCCC3C2)c(Cl)c1. The molecule has 0 radical (unpaired) electrons. The van der Waals surface area contributed by atoms with Crippen LogP contribution in [-0.4, -0.2) is 5.91 Å². The number of carbonyl (C=O) groups is 1. The Morgan fingerprint density at radius 3 is 2.67 bits per heavy atom. The summed E-state index contributed by atoms with van der Waals surface area (Å²) in [5.41, 5.74) is 6.96. The van der Waals surface area contributed by atoms with Gasteiger partial charge in [-0.25, -0.2) is 0 Å². The van der Waals surface area contributed by atoms with E-state index < -0.39 is 0 Å². The van der Waals surface area contributed by atoms with Crippen LogP contribution in [-0.2, 0) is 4.79 Å². The van der Waals surface area contributed by atoms with Crippen molar-refractivity contribution in [3.63, 3.8) is 0 Å². The molecule has 3 atom stereocenters. The normalized spacial score (nSPS) is 28.7.